The SMILES string of the molecule is CNC(Cc1c(F)cccc1F)c1cccc(Br)c1. The summed E-state index contributed by atoms with van der Waals surface area (Å²) < 4.78 is 28.3. The fraction of sp³-hybridized carbons (Fsp3) is 0.200. The molecule has 0 bridgehead atoms. The van der Waals surface area contributed by atoms with Gasteiger partial charge in [-0.05, 0) is 43.3 Å². The van der Waals surface area contributed by atoms with E-state index in [1.54, 1.807) is 7.05 Å². The molecule has 19 heavy (non-hydrogen) atoms. The molecule has 0 aliphatic carbocycles. The van der Waals surface area contributed by atoms with Crippen LogP contribution in [-0.2, 0) is 6.42 Å². The molecule has 1 nitrogen and oxygen atoms in total. The maximum atomic E-state index is 13.7. The quantitative estimate of drug-likeness (QED) is 0.887. The Morgan fingerprint density at radius 3 is 2.32 bits per heavy atom. The molecule has 0 amide bonds. The van der Waals surface area contributed by atoms with E-state index in [4.69, 9.17) is 0 Å². The van der Waals surface area contributed by atoms with Crippen LogP contribution in [-0.4, -0.2) is 7.05 Å². The highest BCUT2D eigenvalue weighted by Gasteiger charge is 2.16. The van der Waals surface area contributed by atoms with Crippen molar-refractivity contribution < 1.29 is 8.78 Å². The van der Waals surface area contributed by atoms with Gasteiger partial charge in [-0.1, -0.05) is 34.1 Å². The van der Waals surface area contributed by atoms with Gasteiger partial charge in [0.15, 0.2) is 0 Å². The number of hydrogen-bond donors (Lipinski definition) is 1. The summed E-state index contributed by atoms with van der Waals surface area (Å²) in [5.74, 6) is -1.01. The lowest BCUT2D eigenvalue weighted by molar-refractivity contribution is 0.515. The topological polar surface area (TPSA) is 12.0 Å². The van der Waals surface area contributed by atoms with E-state index in [0.717, 1.165) is 10.0 Å². The standard InChI is InChI=1S/C15H14BrF2N/c1-19-15(10-4-2-5-11(16)8-10)9-12-13(17)6-3-7-14(12)18/h2-8,15,19H,9H2,1H3. The Labute approximate surface area is 119 Å². The molecule has 0 saturated carbocycles. The van der Waals surface area contributed by atoms with Gasteiger partial charge >= 0.3 is 0 Å². The van der Waals surface area contributed by atoms with E-state index in [-0.39, 0.29) is 18.0 Å². The third kappa shape index (κ3) is 3.39. The van der Waals surface area contributed by atoms with Crippen molar-refractivity contribution in [2.75, 3.05) is 7.05 Å². The molecule has 0 radical (unpaired) electrons. The molecule has 0 aliphatic rings. The normalized spacial score (nSPS) is 12.4. The van der Waals surface area contributed by atoms with Gasteiger partial charge < -0.3 is 5.32 Å². The molecule has 2 rings (SSSR count). The lowest BCUT2D eigenvalue weighted by Gasteiger charge is -2.18. The number of hydrogen-bond acceptors (Lipinski definition) is 1. The van der Waals surface area contributed by atoms with Gasteiger partial charge in [-0.15, -0.1) is 0 Å². The van der Waals surface area contributed by atoms with Crippen LogP contribution in [0.4, 0.5) is 8.78 Å². The van der Waals surface area contributed by atoms with Crippen LogP contribution < -0.4 is 5.32 Å². The molecule has 0 aliphatic heterocycles. The van der Waals surface area contributed by atoms with Crippen molar-refractivity contribution in [3.8, 4) is 0 Å². The van der Waals surface area contributed by atoms with Gasteiger partial charge in [0.2, 0.25) is 0 Å². The summed E-state index contributed by atoms with van der Waals surface area (Å²) in [6.07, 6.45) is 0.269. The smallest absolute Gasteiger partial charge is 0.129 e. The van der Waals surface area contributed by atoms with Gasteiger partial charge in [-0.25, -0.2) is 8.78 Å². The van der Waals surface area contributed by atoms with Crippen molar-refractivity contribution in [1.29, 1.82) is 0 Å². The number of halogens is 3. The summed E-state index contributed by atoms with van der Waals surface area (Å²) in [5.41, 5.74) is 1.10. The molecule has 0 spiro atoms. The highest BCUT2D eigenvalue weighted by molar-refractivity contribution is 9.10. The van der Waals surface area contributed by atoms with E-state index in [2.05, 4.69) is 21.2 Å². The Morgan fingerprint density at radius 1 is 1.11 bits per heavy atom. The highest BCUT2D eigenvalue weighted by atomic mass is 79.9. The number of rotatable bonds is 4. The summed E-state index contributed by atoms with van der Waals surface area (Å²) in [6.45, 7) is 0. The molecule has 100 valence electrons. The predicted molar refractivity (Wildman–Crippen MR) is 76.0 cm³/mol. The van der Waals surface area contributed by atoms with Crippen molar-refractivity contribution in [1.82, 2.24) is 5.32 Å². The van der Waals surface area contributed by atoms with Crippen molar-refractivity contribution in [3.05, 3.63) is 69.7 Å². The van der Waals surface area contributed by atoms with Crippen LogP contribution in [0.3, 0.4) is 0 Å². The Kier molecular flexibility index (Phi) is 4.66. The molecule has 0 aromatic heterocycles. The molecule has 2 aromatic rings. The Morgan fingerprint density at radius 2 is 1.74 bits per heavy atom. The molecule has 4 heteroatoms. The van der Waals surface area contributed by atoms with E-state index in [0.29, 0.717) is 0 Å². The summed E-state index contributed by atoms with van der Waals surface area (Å²) in [4.78, 5) is 0. The summed E-state index contributed by atoms with van der Waals surface area (Å²) in [6, 6.07) is 11.5. The predicted octanol–water partition coefficient (Wildman–Crippen LogP) is 4.23. The van der Waals surface area contributed by atoms with Crippen LogP contribution in [0.15, 0.2) is 46.9 Å². The zero-order chi connectivity index (χ0) is 13.8. The van der Waals surface area contributed by atoms with E-state index >= 15 is 0 Å². The monoisotopic (exact) mass is 325 g/mol. The minimum absolute atomic E-state index is 0.113. The van der Waals surface area contributed by atoms with Gasteiger partial charge in [0.05, 0.1) is 0 Å². The van der Waals surface area contributed by atoms with Crippen molar-refractivity contribution >= 4 is 15.9 Å². The van der Waals surface area contributed by atoms with Crippen LogP contribution in [0, 0.1) is 11.6 Å². The number of benzene rings is 2. The van der Waals surface area contributed by atoms with E-state index < -0.39 is 11.6 Å². The molecule has 1 N–H and O–H groups in total. The summed E-state index contributed by atoms with van der Waals surface area (Å²) in [7, 11) is 1.78. The first kappa shape index (κ1) is 14.2. The number of likely N-dealkylation sites (N-methyl/N-ethyl adjacent to an activating group) is 1. The van der Waals surface area contributed by atoms with E-state index in [1.165, 1.54) is 18.2 Å². The lowest BCUT2D eigenvalue weighted by atomic mass is 9.98. The van der Waals surface area contributed by atoms with Crippen molar-refractivity contribution in [2.24, 2.45) is 0 Å². The van der Waals surface area contributed by atoms with Crippen LogP contribution in [0.5, 0.6) is 0 Å². The van der Waals surface area contributed by atoms with Gasteiger partial charge in [-0.3, -0.25) is 0 Å². The maximum Gasteiger partial charge on any atom is 0.129 e. The molecular weight excluding hydrogens is 312 g/mol. The first-order valence-corrected chi connectivity index (χ1v) is 6.76. The molecule has 0 fully saturated rings. The lowest BCUT2D eigenvalue weighted by Crippen LogP contribution is -2.20. The zero-order valence-corrected chi connectivity index (χ0v) is 12.0. The van der Waals surface area contributed by atoms with E-state index in [9.17, 15) is 8.78 Å². The second kappa shape index (κ2) is 6.26. The Bertz CT molecular complexity index is 552. The van der Waals surface area contributed by atoms with Gasteiger partial charge in [0.1, 0.15) is 11.6 Å². The van der Waals surface area contributed by atoms with Gasteiger partial charge in [0.25, 0.3) is 0 Å². The third-order valence-corrected chi connectivity index (χ3v) is 3.56. The van der Waals surface area contributed by atoms with Crippen LogP contribution in [0.2, 0.25) is 0 Å². The van der Waals surface area contributed by atoms with Crippen molar-refractivity contribution in [2.45, 2.75) is 12.5 Å². The largest absolute Gasteiger partial charge is 0.313 e. The summed E-state index contributed by atoms with van der Waals surface area (Å²) >= 11 is 3.40. The fourth-order valence-electron chi connectivity index (χ4n) is 2.04. The van der Waals surface area contributed by atoms with Crippen LogP contribution in [0.1, 0.15) is 17.2 Å². The van der Waals surface area contributed by atoms with Crippen LogP contribution >= 0.6 is 15.9 Å². The fourth-order valence-corrected chi connectivity index (χ4v) is 2.46. The average Bonchev–Trinajstić information content (AvgIpc) is 2.38. The van der Waals surface area contributed by atoms with Crippen LogP contribution in [0.25, 0.3) is 0 Å². The maximum absolute atomic E-state index is 13.7. The summed E-state index contributed by atoms with van der Waals surface area (Å²) in [5, 5.41) is 3.09. The zero-order valence-electron chi connectivity index (χ0n) is 10.5. The minimum Gasteiger partial charge on any atom is -0.313 e. The average molecular weight is 326 g/mol. The molecule has 1 unspecified atom stereocenters. The molecule has 0 saturated heterocycles. The number of nitrogens with one attached hydrogen (secondary N) is 1. The molecular formula is C15H14BrF2N. The second-order valence-corrected chi connectivity index (χ2v) is 5.22. The Hall–Kier alpha value is -1.26. The highest BCUT2D eigenvalue weighted by Crippen LogP contribution is 2.24. The molecule has 0 heterocycles. The minimum atomic E-state index is -0.504. The Balaban J connectivity index is 2.29. The first-order valence-electron chi connectivity index (χ1n) is 5.97. The van der Waals surface area contributed by atoms with Gasteiger partial charge in [0, 0.05) is 16.1 Å². The first-order chi connectivity index (χ1) is 9.11. The molecule has 2 aromatic carbocycles. The third-order valence-electron chi connectivity index (χ3n) is 3.07. The van der Waals surface area contributed by atoms with E-state index in [1.807, 2.05) is 24.3 Å². The molecule has 1 atom stereocenters. The second-order valence-electron chi connectivity index (χ2n) is 4.30. The van der Waals surface area contributed by atoms with Gasteiger partial charge in [-0.2, -0.15) is 0 Å². The van der Waals surface area contributed by atoms with Crippen molar-refractivity contribution in [3.63, 3.8) is 0 Å².